The van der Waals surface area contributed by atoms with E-state index in [4.69, 9.17) is 4.74 Å². The number of nitrogens with zero attached hydrogens (tertiary/aromatic N) is 1. The van der Waals surface area contributed by atoms with Crippen LogP contribution in [0.4, 0.5) is 10.1 Å². The molecule has 3 aromatic rings. The number of rotatable bonds is 8. The van der Waals surface area contributed by atoms with E-state index in [1.165, 1.54) is 18.7 Å². The molecule has 2 atom stereocenters. The first kappa shape index (κ1) is 23.8. The van der Waals surface area contributed by atoms with Crippen LogP contribution in [0.15, 0.2) is 72.8 Å². The van der Waals surface area contributed by atoms with Crippen molar-refractivity contribution in [3.05, 3.63) is 84.2 Å². The summed E-state index contributed by atoms with van der Waals surface area (Å²) in [6.45, 7) is 2.05. The van der Waals surface area contributed by atoms with E-state index in [9.17, 15) is 9.18 Å². The van der Waals surface area contributed by atoms with Gasteiger partial charge in [-0.15, -0.1) is 0 Å². The molecule has 0 heterocycles. The number of hydrogen-bond acceptors (Lipinski definition) is 3. The molecule has 0 aliphatic heterocycles. The quantitative estimate of drug-likeness (QED) is 0.448. The number of hydrogen-bond donors (Lipinski definition) is 1. The van der Waals surface area contributed by atoms with E-state index in [-0.39, 0.29) is 17.8 Å². The Morgan fingerprint density at radius 1 is 1.06 bits per heavy atom. The number of para-hydroxylation sites is 1. The molecular formula is C29H33FN2O2. The highest BCUT2D eigenvalue weighted by Gasteiger charge is 2.26. The Balaban J connectivity index is 1.51. The predicted octanol–water partition coefficient (Wildman–Crippen LogP) is 6.00. The molecule has 178 valence electrons. The van der Waals surface area contributed by atoms with Crippen molar-refractivity contribution in [3.63, 3.8) is 0 Å². The van der Waals surface area contributed by atoms with Gasteiger partial charge in [-0.2, -0.15) is 0 Å². The normalized spacial score (nSPS) is 17.7. The number of carbonyl (C=O) groups excluding carboxylic acids is 1. The molecule has 0 bridgehead atoms. The summed E-state index contributed by atoms with van der Waals surface area (Å²) in [7, 11) is 2.16. The molecule has 5 heteroatoms. The summed E-state index contributed by atoms with van der Waals surface area (Å²) in [5, 5.41) is 2.84. The monoisotopic (exact) mass is 460 g/mol. The molecule has 0 spiro atoms. The van der Waals surface area contributed by atoms with E-state index in [2.05, 4.69) is 41.5 Å². The van der Waals surface area contributed by atoms with Gasteiger partial charge >= 0.3 is 0 Å². The Morgan fingerprint density at radius 3 is 2.65 bits per heavy atom. The maximum absolute atomic E-state index is 14.0. The third-order valence-corrected chi connectivity index (χ3v) is 6.60. The first-order valence-corrected chi connectivity index (χ1v) is 12.1. The highest BCUT2D eigenvalue weighted by molar-refractivity contribution is 5.73. The lowest BCUT2D eigenvalue weighted by atomic mass is 9.91. The molecule has 0 unspecified atom stereocenters. The molecule has 1 saturated carbocycles. The summed E-state index contributed by atoms with van der Waals surface area (Å²) in [6.07, 6.45) is 5.07. The Hall–Kier alpha value is -3.34. The van der Waals surface area contributed by atoms with Gasteiger partial charge in [0.1, 0.15) is 17.7 Å². The van der Waals surface area contributed by atoms with E-state index in [0.717, 1.165) is 48.1 Å². The van der Waals surface area contributed by atoms with Gasteiger partial charge in [0.05, 0.1) is 0 Å². The lowest BCUT2D eigenvalue weighted by Crippen LogP contribution is -2.39. The van der Waals surface area contributed by atoms with Crippen molar-refractivity contribution in [2.45, 2.75) is 51.2 Å². The zero-order valence-electron chi connectivity index (χ0n) is 20.0. The fourth-order valence-corrected chi connectivity index (χ4v) is 4.79. The summed E-state index contributed by atoms with van der Waals surface area (Å²) in [4.78, 5) is 13.6. The van der Waals surface area contributed by atoms with Crippen LogP contribution in [0.2, 0.25) is 0 Å². The largest absolute Gasteiger partial charge is 0.490 e. The second-order valence-corrected chi connectivity index (χ2v) is 9.07. The molecule has 1 aliphatic rings. The van der Waals surface area contributed by atoms with Crippen molar-refractivity contribution in [2.24, 2.45) is 0 Å². The van der Waals surface area contributed by atoms with Gasteiger partial charge in [0.2, 0.25) is 5.91 Å². The van der Waals surface area contributed by atoms with Crippen LogP contribution >= 0.6 is 0 Å². The van der Waals surface area contributed by atoms with Crippen LogP contribution in [0.25, 0.3) is 11.1 Å². The van der Waals surface area contributed by atoms with Crippen LogP contribution in [0, 0.1) is 5.82 Å². The number of anilines is 1. The standard InChI is InChI=1S/C29H33FN2O2/c1-21(33)31-17-16-22-14-15-28(20-29(22)23-8-6-9-24(30)18-23)34-27-13-7-12-26(19-27)32(2)25-10-4-3-5-11-25/h3-6,8-11,14-15,18,20,26-27H,7,12-13,16-17,19H2,1-2H3,(H,31,33)/t26-,27+/m1/s1. The maximum Gasteiger partial charge on any atom is 0.216 e. The topological polar surface area (TPSA) is 41.6 Å². The van der Waals surface area contributed by atoms with E-state index >= 15 is 0 Å². The van der Waals surface area contributed by atoms with Gasteiger partial charge in [-0.05, 0) is 78.8 Å². The van der Waals surface area contributed by atoms with Gasteiger partial charge < -0.3 is 15.0 Å². The molecule has 1 N–H and O–H groups in total. The number of nitrogens with one attached hydrogen (secondary N) is 1. The highest BCUT2D eigenvalue weighted by Crippen LogP contribution is 2.33. The van der Waals surface area contributed by atoms with E-state index in [1.807, 2.05) is 30.3 Å². The lowest BCUT2D eigenvalue weighted by molar-refractivity contribution is -0.118. The molecule has 4 rings (SSSR count). The van der Waals surface area contributed by atoms with Crippen LogP contribution < -0.4 is 15.0 Å². The zero-order chi connectivity index (χ0) is 23.9. The molecule has 1 fully saturated rings. The second kappa shape index (κ2) is 11.2. The zero-order valence-corrected chi connectivity index (χ0v) is 20.0. The van der Waals surface area contributed by atoms with E-state index in [0.29, 0.717) is 19.0 Å². The minimum atomic E-state index is -0.268. The Labute approximate surface area is 201 Å². The summed E-state index contributed by atoms with van der Waals surface area (Å²) < 4.78 is 20.5. The third-order valence-electron chi connectivity index (χ3n) is 6.60. The number of ether oxygens (including phenoxy) is 1. The van der Waals surface area contributed by atoms with Crippen molar-refractivity contribution in [2.75, 3.05) is 18.5 Å². The average molecular weight is 461 g/mol. The molecule has 0 aromatic heterocycles. The van der Waals surface area contributed by atoms with Crippen LogP contribution in [0.1, 0.15) is 38.2 Å². The minimum absolute atomic E-state index is 0.0559. The van der Waals surface area contributed by atoms with Crippen LogP contribution in [0.5, 0.6) is 5.75 Å². The first-order valence-electron chi connectivity index (χ1n) is 12.1. The third kappa shape index (κ3) is 6.16. The Kier molecular flexibility index (Phi) is 7.84. The minimum Gasteiger partial charge on any atom is -0.490 e. The molecule has 1 amide bonds. The second-order valence-electron chi connectivity index (χ2n) is 9.07. The van der Waals surface area contributed by atoms with Crippen molar-refractivity contribution in [1.29, 1.82) is 0 Å². The SMILES string of the molecule is CC(=O)NCCc1ccc(O[C@H]2CCC[C@@H](N(C)c3ccccc3)C2)cc1-c1cccc(F)c1. The molecule has 0 saturated heterocycles. The molecule has 0 radical (unpaired) electrons. The molecule has 3 aromatic carbocycles. The van der Waals surface area contributed by atoms with Crippen LogP contribution in [-0.4, -0.2) is 31.6 Å². The fraction of sp³-hybridized carbons (Fsp3) is 0.345. The number of halogens is 1. The number of amides is 1. The van der Waals surface area contributed by atoms with E-state index in [1.54, 1.807) is 12.1 Å². The van der Waals surface area contributed by atoms with Gasteiger partial charge in [0.15, 0.2) is 0 Å². The van der Waals surface area contributed by atoms with Gasteiger partial charge in [0.25, 0.3) is 0 Å². The van der Waals surface area contributed by atoms with Crippen molar-refractivity contribution >= 4 is 11.6 Å². The summed E-state index contributed by atoms with van der Waals surface area (Å²) >= 11 is 0. The molecule has 4 nitrogen and oxygen atoms in total. The first-order chi connectivity index (χ1) is 16.5. The highest BCUT2D eigenvalue weighted by atomic mass is 19.1. The Bertz CT molecular complexity index is 1100. The summed E-state index contributed by atoms with van der Waals surface area (Å²) in [5.74, 6) is 0.478. The number of carbonyl (C=O) groups is 1. The van der Waals surface area contributed by atoms with Gasteiger partial charge in [-0.1, -0.05) is 36.4 Å². The lowest BCUT2D eigenvalue weighted by Gasteiger charge is -2.36. The van der Waals surface area contributed by atoms with E-state index < -0.39 is 0 Å². The van der Waals surface area contributed by atoms with Crippen molar-refractivity contribution < 1.29 is 13.9 Å². The van der Waals surface area contributed by atoms with Gasteiger partial charge in [-0.25, -0.2) is 4.39 Å². The predicted molar refractivity (Wildman–Crippen MR) is 136 cm³/mol. The Morgan fingerprint density at radius 2 is 1.88 bits per heavy atom. The molecule has 1 aliphatic carbocycles. The molecular weight excluding hydrogens is 427 g/mol. The fourth-order valence-electron chi connectivity index (χ4n) is 4.79. The summed E-state index contributed by atoms with van der Waals surface area (Å²) in [5.41, 5.74) is 4.03. The maximum atomic E-state index is 14.0. The van der Waals surface area contributed by atoms with Crippen molar-refractivity contribution in [1.82, 2.24) is 5.32 Å². The van der Waals surface area contributed by atoms with Crippen LogP contribution in [0.3, 0.4) is 0 Å². The molecule has 34 heavy (non-hydrogen) atoms. The number of benzene rings is 3. The smallest absolute Gasteiger partial charge is 0.216 e. The summed E-state index contributed by atoms with van der Waals surface area (Å²) in [6, 6.07) is 23.6. The average Bonchev–Trinajstić information content (AvgIpc) is 2.85. The van der Waals surface area contributed by atoms with Gasteiger partial charge in [0, 0.05) is 38.7 Å². The van der Waals surface area contributed by atoms with Crippen molar-refractivity contribution in [3.8, 4) is 16.9 Å². The van der Waals surface area contributed by atoms with Crippen LogP contribution in [-0.2, 0) is 11.2 Å². The van der Waals surface area contributed by atoms with Gasteiger partial charge in [-0.3, -0.25) is 4.79 Å².